The molecule has 0 unspecified atom stereocenters. The molecule has 2 atom stereocenters. The zero-order chi connectivity index (χ0) is 15.5. The Labute approximate surface area is 135 Å². The molecule has 1 amide bonds. The number of hydrogen-bond acceptors (Lipinski definition) is 3. The number of thioether (sulfide) groups is 1. The van der Waals surface area contributed by atoms with Gasteiger partial charge in [-0.05, 0) is 36.1 Å². The van der Waals surface area contributed by atoms with Crippen LogP contribution in [0.15, 0.2) is 59.5 Å². The number of carbonyl (C=O) groups is 1. The minimum absolute atomic E-state index is 0.00294. The molecule has 114 valence electrons. The highest BCUT2D eigenvalue weighted by Gasteiger charge is 2.34. The van der Waals surface area contributed by atoms with Crippen LogP contribution in [-0.4, -0.2) is 36.2 Å². The summed E-state index contributed by atoms with van der Waals surface area (Å²) in [6, 6.07) is 18.0. The van der Waals surface area contributed by atoms with Crippen molar-refractivity contribution in [2.45, 2.75) is 16.9 Å². The van der Waals surface area contributed by atoms with Gasteiger partial charge in [0.1, 0.15) is 0 Å². The fourth-order valence-electron chi connectivity index (χ4n) is 2.96. The topological polar surface area (TPSA) is 46.3 Å². The van der Waals surface area contributed by atoms with Crippen molar-refractivity contribution in [2.24, 2.45) is 5.73 Å². The second-order valence-electron chi connectivity index (χ2n) is 5.62. The Hall–Kier alpha value is -1.78. The maximum Gasteiger partial charge on any atom is 0.253 e. The summed E-state index contributed by atoms with van der Waals surface area (Å²) in [5.74, 6) is 0.289. The van der Waals surface area contributed by atoms with Crippen molar-refractivity contribution in [1.82, 2.24) is 4.90 Å². The molecular formula is C18H20N2OS. The summed E-state index contributed by atoms with van der Waals surface area (Å²) in [4.78, 5) is 15.7. The third-order valence-corrected chi connectivity index (χ3v) is 4.96. The number of nitrogens with zero attached hydrogens (tertiary/aromatic N) is 1. The highest BCUT2D eigenvalue weighted by Crippen LogP contribution is 2.27. The van der Waals surface area contributed by atoms with Crippen LogP contribution in [0.5, 0.6) is 0 Å². The normalized spacial score (nSPS) is 21.1. The van der Waals surface area contributed by atoms with Crippen LogP contribution in [0.25, 0.3) is 0 Å². The zero-order valence-corrected chi connectivity index (χ0v) is 13.4. The lowest BCUT2D eigenvalue weighted by Gasteiger charge is -2.16. The van der Waals surface area contributed by atoms with Gasteiger partial charge in [0.25, 0.3) is 5.91 Å². The molecule has 2 N–H and O–H groups in total. The Morgan fingerprint density at radius 1 is 1.09 bits per heavy atom. The van der Waals surface area contributed by atoms with Crippen molar-refractivity contribution >= 4 is 17.7 Å². The van der Waals surface area contributed by atoms with Crippen molar-refractivity contribution < 1.29 is 4.79 Å². The molecule has 3 rings (SSSR count). The van der Waals surface area contributed by atoms with Gasteiger partial charge in [-0.2, -0.15) is 0 Å². The fraction of sp³-hybridized carbons (Fsp3) is 0.278. The fourth-order valence-corrected chi connectivity index (χ4v) is 3.37. The first kappa shape index (κ1) is 15.1. The molecule has 0 radical (unpaired) electrons. The van der Waals surface area contributed by atoms with Crippen molar-refractivity contribution in [1.29, 1.82) is 0 Å². The zero-order valence-electron chi connectivity index (χ0n) is 12.6. The van der Waals surface area contributed by atoms with Crippen molar-refractivity contribution in [3.05, 3.63) is 65.7 Å². The first-order valence-electron chi connectivity index (χ1n) is 7.43. The Morgan fingerprint density at radius 3 is 2.41 bits per heavy atom. The Balaban J connectivity index is 1.74. The minimum atomic E-state index is -0.00294. The lowest BCUT2D eigenvalue weighted by Crippen LogP contribution is -2.32. The van der Waals surface area contributed by atoms with Crippen LogP contribution in [0, 0.1) is 0 Å². The predicted molar refractivity (Wildman–Crippen MR) is 91.3 cm³/mol. The Morgan fingerprint density at radius 2 is 1.77 bits per heavy atom. The summed E-state index contributed by atoms with van der Waals surface area (Å²) in [7, 11) is 0. The van der Waals surface area contributed by atoms with E-state index in [-0.39, 0.29) is 17.9 Å². The molecule has 1 heterocycles. The van der Waals surface area contributed by atoms with Crippen LogP contribution in [0.3, 0.4) is 0 Å². The molecule has 2 aromatic carbocycles. The highest BCUT2D eigenvalue weighted by molar-refractivity contribution is 7.98. The highest BCUT2D eigenvalue weighted by atomic mass is 32.2. The molecule has 1 fully saturated rings. The van der Waals surface area contributed by atoms with Gasteiger partial charge in [0.15, 0.2) is 0 Å². The van der Waals surface area contributed by atoms with E-state index in [1.807, 2.05) is 53.6 Å². The average Bonchev–Trinajstić information content (AvgIpc) is 2.97. The summed E-state index contributed by atoms with van der Waals surface area (Å²) in [6.45, 7) is 1.30. The lowest BCUT2D eigenvalue weighted by atomic mass is 9.95. The number of rotatable bonds is 3. The second kappa shape index (κ2) is 6.55. The van der Waals surface area contributed by atoms with E-state index in [9.17, 15) is 4.79 Å². The molecule has 1 aliphatic rings. The van der Waals surface area contributed by atoms with Gasteiger partial charge in [-0.1, -0.05) is 30.3 Å². The van der Waals surface area contributed by atoms with E-state index in [1.54, 1.807) is 11.8 Å². The standard InChI is InChI=1S/C18H20N2OS/c1-22-15-9-7-14(8-10-15)18(21)20-11-16(17(19)12-20)13-5-3-2-4-6-13/h2-10,16-17H,11-12,19H2,1H3/t16-,17+/m0/s1. The summed E-state index contributed by atoms with van der Waals surface area (Å²) in [5, 5.41) is 0. The SMILES string of the molecule is CSc1ccc(C(=O)N2C[C@@H](N)[C@H](c3ccccc3)C2)cc1. The minimum Gasteiger partial charge on any atom is -0.336 e. The molecule has 4 heteroatoms. The maximum absolute atomic E-state index is 12.6. The summed E-state index contributed by atoms with van der Waals surface area (Å²) < 4.78 is 0. The van der Waals surface area contributed by atoms with E-state index in [2.05, 4.69) is 12.1 Å². The third-order valence-electron chi connectivity index (χ3n) is 4.22. The van der Waals surface area contributed by atoms with Gasteiger partial charge in [0, 0.05) is 35.5 Å². The van der Waals surface area contributed by atoms with Gasteiger partial charge in [0.05, 0.1) is 0 Å². The molecule has 3 nitrogen and oxygen atoms in total. The summed E-state index contributed by atoms with van der Waals surface area (Å²) in [5.41, 5.74) is 8.21. The number of nitrogens with two attached hydrogens (primary N) is 1. The maximum atomic E-state index is 12.6. The Kier molecular flexibility index (Phi) is 4.50. The van der Waals surface area contributed by atoms with Gasteiger partial charge in [-0.3, -0.25) is 4.79 Å². The monoisotopic (exact) mass is 312 g/mol. The quantitative estimate of drug-likeness (QED) is 0.886. The smallest absolute Gasteiger partial charge is 0.253 e. The van der Waals surface area contributed by atoms with Crippen LogP contribution in [0.1, 0.15) is 21.8 Å². The molecule has 0 bridgehead atoms. The van der Waals surface area contributed by atoms with Crippen LogP contribution in [0.2, 0.25) is 0 Å². The van der Waals surface area contributed by atoms with Gasteiger partial charge < -0.3 is 10.6 Å². The Bertz CT molecular complexity index is 642. The molecule has 0 aromatic heterocycles. The first-order valence-corrected chi connectivity index (χ1v) is 8.65. The second-order valence-corrected chi connectivity index (χ2v) is 6.50. The largest absolute Gasteiger partial charge is 0.336 e. The molecule has 1 aliphatic heterocycles. The van der Waals surface area contributed by atoms with E-state index in [1.165, 1.54) is 5.56 Å². The van der Waals surface area contributed by atoms with E-state index >= 15 is 0 Å². The number of amides is 1. The van der Waals surface area contributed by atoms with E-state index in [4.69, 9.17) is 5.73 Å². The van der Waals surface area contributed by atoms with Crippen LogP contribution >= 0.6 is 11.8 Å². The van der Waals surface area contributed by atoms with Crippen LogP contribution in [0.4, 0.5) is 0 Å². The number of benzene rings is 2. The lowest BCUT2D eigenvalue weighted by molar-refractivity contribution is 0.0789. The summed E-state index contributed by atoms with van der Waals surface area (Å²) in [6.07, 6.45) is 2.03. The summed E-state index contributed by atoms with van der Waals surface area (Å²) >= 11 is 1.67. The molecule has 0 aliphatic carbocycles. The van der Waals surface area contributed by atoms with Crippen molar-refractivity contribution in [3.8, 4) is 0 Å². The third kappa shape index (κ3) is 3.03. The van der Waals surface area contributed by atoms with Crippen molar-refractivity contribution in [2.75, 3.05) is 19.3 Å². The molecule has 0 spiro atoms. The average molecular weight is 312 g/mol. The van der Waals surface area contributed by atoms with Crippen LogP contribution < -0.4 is 5.73 Å². The molecule has 1 saturated heterocycles. The molecular weight excluding hydrogens is 292 g/mol. The number of likely N-dealkylation sites (tertiary alicyclic amines) is 1. The van der Waals surface area contributed by atoms with Gasteiger partial charge in [-0.25, -0.2) is 0 Å². The molecule has 22 heavy (non-hydrogen) atoms. The van der Waals surface area contributed by atoms with E-state index in [0.717, 1.165) is 10.5 Å². The molecule has 0 saturated carbocycles. The number of carbonyl (C=O) groups excluding carboxylic acids is 1. The van der Waals surface area contributed by atoms with Gasteiger partial charge in [-0.15, -0.1) is 11.8 Å². The first-order chi connectivity index (χ1) is 10.7. The van der Waals surface area contributed by atoms with Gasteiger partial charge >= 0.3 is 0 Å². The van der Waals surface area contributed by atoms with Gasteiger partial charge in [0.2, 0.25) is 0 Å². The van der Waals surface area contributed by atoms with E-state index in [0.29, 0.717) is 13.1 Å². The van der Waals surface area contributed by atoms with Crippen molar-refractivity contribution in [3.63, 3.8) is 0 Å². The van der Waals surface area contributed by atoms with E-state index < -0.39 is 0 Å². The van der Waals surface area contributed by atoms with Crippen LogP contribution in [-0.2, 0) is 0 Å². The predicted octanol–water partition coefficient (Wildman–Crippen LogP) is 2.98. The molecule has 2 aromatic rings. The number of hydrogen-bond donors (Lipinski definition) is 1.